The van der Waals surface area contributed by atoms with Gasteiger partial charge in [-0.15, -0.1) is 0 Å². The number of benzene rings is 1. The second kappa shape index (κ2) is 4.70. The summed E-state index contributed by atoms with van der Waals surface area (Å²) < 4.78 is 22.1. The Hall–Kier alpha value is -2.00. The standard InChI is InChI=1S/C9H10N2O6S/c1-5(9(12)13)7-3-2-6(18(10,16)17)4-8(7)11(14)15/h2-5H,1H3,(H,12,13)(H2,10,16,17). The Morgan fingerprint density at radius 2 is 2.06 bits per heavy atom. The number of hydrogen-bond donors (Lipinski definition) is 2. The van der Waals surface area contributed by atoms with Gasteiger partial charge in [0.2, 0.25) is 10.0 Å². The Morgan fingerprint density at radius 3 is 2.44 bits per heavy atom. The van der Waals surface area contributed by atoms with Gasteiger partial charge in [-0.05, 0) is 19.1 Å². The number of hydrogen-bond acceptors (Lipinski definition) is 5. The van der Waals surface area contributed by atoms with Crippen LogP contribution < -0.4 is 5.14 Å². The first kappa shape index (κ1) is 14.1. The third-order valence-electron chi connectivity index (χ3n) is 2.36. The number of carbonyl (C=O) groups is 1. The summed E-state index contributed by atoms with van der Waals surface area (Å²) in [6, 6.07) is 2.87. The van der Waals surface area contributed by atoms with E-state index >= 15 is 0 Å². The van der Waals surface area contributed by atoms with Crippen molar-refractivity contribution in [1.82, 2.24) is 0 Å². The molecule has 0 saturated heterocycles. The van der Waals surface area contributed by atoms with Crippen LogP contribution in [0.25, 0.3) is 0 Å². The molecule has 0 aromatic heterocycles. The summed E-state index contributed by atoms with van der Waals surface area (Å²) in [6.07, 6.45) is 0. The van der Waals surface area contributed by atoms with Gasteiger partial charge in [-0.3, -0.25) is 14.9 Å². The first-order chi connectivity index (χ1) is 8.14. The van der Waals surface area contributed by atoms with Gasteiger partial charge in [-0.25, -0.2) is 13.6 Å². The average Bonchev–Trinajstić information content (AvgIpc) is 2.25. The maximum atomic E-state index is 11.1. The molecule has 1 aromatic rings. The molecule has 3 N–H and O–H groups in total. The Labute approximate surface area is 102 Å². The molecule has 1 aromatic carbocycles. The molecule has 1 rings (SSSR count). The summed E-state index contributed by atoms with van der Waals surface area (Å²) in [7, 11) is -4.07. The molecule has 98 valence electrons. The predicted molar refractivity (Wildman–Crippen MR) is 60.5 cm³/mol. The molecule has 18 heavy (non-hydrogen) atoms. The zero-order valence-corrected chi connectivity index (χ0v) is 10.0. The van der Waals surface area contributed by atoms with Crippen molar-refractivity contribution in [3.63, 3.8) is 0 Å². The van der Waals surface area contributed by atoms with Crippen molar-refractivity contribution in [2.45, 2.75) is 17.7 Å². The number of rotatable bonds is 4. The Bertz CT molecular complexity index is 609. The first-order valence-electron chi connectivity index (χ1n) is 4.68. The lowest BCUT2D eigenvalue weighted by atomic mass is 10.00. The molecular weight excluding hydrogens is 264 g/mol. The van der Waals surface area contributed by atoms with Crippen LogP contribution in [0.1, 0.15) is 18.4 Å². The molecule has 0 aliphatic heterocycles. The van der Waals surface area contributed by atoms with E-state index in [-0.39, 0.29) is 5.56 Å². The largest absolute Gasteiger partial charge is 0.481 e. The fourth-order valence-electron chi connectivity index (χ4n) is 1.36. The minimum Gasteiger partial charge on any atom is -0.481 e. The van der Waals surface area contributed by atoms with E-state index in [1.807, 2.05) is 0 Å². The lowest BCUT2D eigenvalue weighted by Crippen LogP contribution is -2.14. The van der Waals surface area contributed by atoms with Crippen LogP contribution in [0.15, 0.2) is 23.1 Å². The molecular formula is C9H10N2O6S. The smallest absolute Gasteiger partial charge is 0.310 e. The van der Waals surface area contributed by atoms with E-state index in [4.69, 9.17) is 10.2 Å². The summed E-state index contributed by atoms with van der Waals surface area (Å²) in [5, 5.41) is 24.5. The van der Waals surface area contributed by atoms with E-state index in [9.17, 15) is 23.3 Å². The number of nitrogens with zero attached hydrogens (tertiary/aromatic N) is 1. The highest BCUT2D eigenvalue weighted by Crippen LogP contribution is 2.28. The Balaban J connectivity index is 3.48. The topological polar surface area (TPSA) is 141 Å². The number of carboxylic acid groups (broad SMARTS) is 1. The third-order valence-corrected chi connectivity index (χ3v) is 3.28. The SMILES string of the molecule is CC(C(=O)O)c1ccc(S(N)(=O)=O)cc1[N+](=O)[O-]. The van der Waals surface area contributed by atoms with Gasteiger partial charge in [-0.2, -0.15) is 0 Å². The van der Waals surface area contributed by atoms with Crippen molar-refractivity contribution in [3.05, 3.63) is 33.9 Å². The highest BCUT2D eigenvalue weighted by Gasteiger charge is 2.25. The van der Waals surface area contributed by atoms with Crippen molar-refractivity contribution >= 4 is 21.7 Å². The maximum absolute atomic E-state index is 11.1. The van der Waals surface area contributed by atoms with Gasteiger partial charge in [0.05, 0.1) is 15.7 Å². The second-order valence-corrected chi connectivity index (χ2v) is 5.14. The molecule has 1 unspecified atom stereocenters. The summed E-state index contributed by atoms with van der Waals surface area (Å²) in [5.74, 6) is -2.37. The zero-order chi connectivity index (χ0) is 14.1. The summed E-state index contributed by atoms with van der Waals surface area (Å²) in [6.45, 7) is 1.27. The summed E-state index contributed by atoms with van der Waals surface area (Å²) in [5.41, 5.74) is -0.670. The van der Waals surface area contributed by atoms with E-state index in [1.54, 1.807) is 0 Å². The van der Waals surface area contributed by atoms with Gasteiger partial charge in [0.1, 0.15) is 0 Å². The maximum Gasteiger partial charge on any atom is 0.310 e. The van der Waals surface area contributed by atoms with Crippen LogP contribution in [0.4, 0.5) is 5.69 Å². The van der Waals surface area contributed by atoms with E-state index in [1.165, 1.54) is 6.92 Å². The van der Waals surface area contributed by atoms with Gasteiger partial charge in [0, 0.05) is 11.6 Å². The van der Waals surface area contributed by atoms with Gasteiger partial charge < -0.3 is 5.11 Å². The van der Waals surface area contributed by atoms with Gasteiger partial charge >= 0.3 is 5.97 Å². The van der Waals surface area contributed by atoms with Crippen LogP contribution in [0.2, 0.25) is 0 Å². The van der Waals surface area contributed by atoms with E-state index < -0.39 is 37.4 Å². The molecule has 0 fully saturated rings. The molecule has 1 atom stereocenters. The van der Waals surface area contributed by atoms with Crippen molar-refractivity contribution in [3.8, 4) is 0 Å². The van der Waals surface area contributed by atoms with Crippen molar-refractivity contribution < 1.29 is 23.2 Å². The first-order valence-corrected chi connectivity index (χ1v) is 6.23. The molecule has 9 heteroatoms. The summed E-state index contributed by atoms with van der Waals surface area (Å²) in [4.78, 5) is 20.3. The van der Waals surface area contributed by atoms with Crippen molar-refractivity contribution in [1.29, 1.82) is 0 Å². The number of nitro groups is 1. The van der Waals surface area contributed by atoms with E-state index in [0.29, 0.717) is 0 Å². The Morgan fingerprint density at radius 1 is 1.50 bits per heavy atom. The molecule has 0 spiro atoms. The number of sulfonamides is 1. The third kappa shape index (κ3) is 2.81. The molecule has 0 heterocycles. The number of aliphatic carboxylic acids is 1. The molecule has 0 bridgehead atoms. The molecule has 0 aliphatic carbocycles. The van der Waals surface area contributed by atoms with Crippen molar-refractivity contribution in [2.24, 2.45) is 5.14 Å². The molecule has 0 radical (unpaired) electrons. The van der Waals surface area contributed by atoms with E-state index in [0.717, 1.165) is 18.2 Å². The molecule has 0 amide bonds. The molecule has 0 aliphatic rings. The van der Waals surface area contributed by atoms with Gasteiger partial charge in [0.25, 0.3) is 5.69 Å². The quantitative estimate of drug-likeness (QED) is 0.602. The zero-order valence-electron chi connectivity index (χ0n) is 9.23. The molecule has 8 nitrogen and oxygen atoms in total. The summed E-state index contributed by atoms with van der Waals surface area (Å²) >= 11 is 0. The second-order valence-electron chi connectivity index (χ2n) is 3.58. The van der Waals surface area contributed by atoms with Crippen LogP contribution in [0.3, 0.4) is 0 Å². The van der Waals surface area contributed by atoms with Gasteiger partial charge in [0.15, 0.2) is 0 Å². The number of nitrogens with two attached hydrogens (primary N) is 1. The van der Waals surface area contributed by atoms with Crippen LogP contribution >= 0.6 is 0 Å². The van der Waals surface area contributed by atoms with Gasteiger partial charge in [-0.1, -0.05) is 0 Å². The highest BCUT2D eigenvalue weighted by molar-refractivity contribution is 7.89. The van der Waals surface area contributed by atoms with Crippen LogP contribution in [-0.4, -0.2) is 24.4 Å². The highest BCUT2D eigenvalue weighted by atomic mass is 32.2. The molecule has 0 saturated carbocycles. The minimum absolute atomic E-state index is 0.0834. The monoisotopic (exact) mass is 274 g/mol. The van der Waals surface area contributed by atoms with Crippen molar-refractivity contribution in [2.75, 3.05) is 0 Å². The lowest BCUT2D eigenvalue weighted by Gasteiger charge is -2.08. The normalized spacial score (nSPS) is 13.0. The fourth-order valence-corrected chi connectivity index (χ4v) is 1.89. The number of carboxylic acids is 1. The van der Waals surface area contributed by atoms with Crippen LogP contribution in [-0.2, 0) is 14.8 Å². The lowest BCUT2D eigenvalue weighted by molar-refractivity contribution is -0.385. The van der Waals surface area contributed by atoms with E-state index in [2.05, 4.69) is 0 Å². The van der Waals surface area contributed by atoms with Crippen LogP contribution in [0.5, 0.6) is 0 Å². The Kier molecular flexibility index (Phi) is 3.67. The fraction of sp³-hybridized carbons (Fsp3) is 0.222. The van der Waals surface area contributed by atoms with Crippen LogP contribution in [0, 0.1) is 10.1 Å². The number of primary sulfonamides is 1. The average molecular weight is 274 g/mol. The number of nitro benzene ring substituents is 1. The minimum atomic E-state index is -4.07. The predicted octanol–water partition coefficient (Wildman–Crippen LogP) is 0.430.